The molecule has 2 amide bonds. The fraction of sp³-hybridized carbons (Fsp3) is 0.385. The maximum absolute atomic E-state index is 12.4. The molecule has 1 aromatic carbocycles. The lowest BCUT2D eigenvalue weighted by molar-refractivity contribution is -0.130. The van der Waals surface area contributed by atoms with Crippen molar-refractivity contribution in [2.45, 2.75) is 23.5 Å². The predicted molar refractivity (Wildman–Crippen MR) is 72.8 cm³/mol. The van der Waals surface area contributed by atoms with E-state index < -0.39 is 4.75 Å². The Kier molecular flexibility index (Phi) is 3.34. The van der Waals surface area contributed by atoms with E-state index in [9.17, 15) is 9.59 Å². The molecule has 0 fully saturated rings. The number of nitrogens with one attached hydrogen (secondary N) is 1. The quantitative estimate of drug-likeness (QED) is 0.826. The highest BCUT2D eigenvalue weighted by Crippen LogP contribution is 2.44. The highest BCUT2D eigenvalue weighted by Gasteiger charge is 2.47. The number of rotatable bonds is 2. The fourth-order valence-corrected chi connectivity index (χ4v) is 3.27. The van der Waals surface area contributed by atoms with E-state index >= 15 is 0 Å². The van der Waals surface area contributed by atoms with E-state index in [4.69, 9.17) is 0 Å². The second kappa shape index (κ2) is 4.65. The van der Waals surface area contributed by atoms with E-state index in [1.807, 2.05) is 31.2 Å². The van der Waals surface area contributed by atoms with Gasteiger partial charge in [0.05, 0.1) is 5.69 Å². The molecule has 5 heteroatoms. The molecule has 0 spiro atoms. The summed E-state index contributed by atoms with van der Waals surface area (Å²) < 4.78 is -1.08. The first-order valence-electron chi connectivity index (χ1n) is 5.85. The third kappa shape index (κ3) is 1.88. The number of para-hydroxylation sites is 1. The molecule has 0 aliphatic carbocycles. The Hall–Kier alpha value is -1.49. The lowest BCUT2D eigenvalue weighted by Crippen LogP contribution is -2.55. The third-order valence-electron chi connectivity index (χ3n) is 3.02. The first-order valence-corrected chi connectivity index (χ1v) is 6.67. The number of thioether (sulfide) groups is 1. The van der Waals surface area contributed by atoms with Crippen LogP contribution >= 0.6 is 11.8 Å². The van der Waals surface area contributed by atoms with E-state index in [2.05, 4.69) is 5.32 Å². The molecule has 1 aliphatic heterocycles. The first kappa shape index (κ1) is 13.0. The Morgan fingerprint density at radius 3 is 2.78 bits per heavy atom. The number of nitrogens with zero attached hydrogens (tertiary/aromatic N) is 1. The summed E-state index contributed by atoms with van der Waals surface area (Å²) in [7, 11) is 1.71. The molecular formula is C13H16N2O2S. The Labute approximate surface area is 111 Å². The van der Waals surface area contributed by atoms with Gasteiger partial charge in [-0.05, 0) is 26.0 Å². The Morgan fingerprint density at radius 2 is 2.11 bits per heavy atom. The molecule has 0 unspecified atom stereocenters. The highest BCUT2D eigenvalue weighted by molar-refractivity contribution is 8.02. The number of hydrogen-bond donors (Lipinski definition) is 1. The van der Waals surface area contributed by atoms with Crippen molar-refractivity contribution >= 4 is 29.3 Å². The van der Waals surface area contributed by atoms with Crippen LogP contribution in [-0.2, 0) is 9.59 Å². The summed E-state index contributed by atoms with van der Waals surface area (Å²) in [5.74, 6) is -0.418. The van der Waals surface area contributed by atoms with E-state index in [1.165, 1.54) is 11.8 Å². The van der Waals surface area contributed by atoms with Crippen molar-refractivity contribution in [3.05, 3.63) is 24.3 Å². The van der Waals surface area contributed by atoms with Crippen molar-refractivity contribution in [1.29, 1.82) is 0 Å². The van der Waals surface area contributed by atoms with Crippen LogP contribution in [0.1, 0.15) is 13.8 Å². The number of anilines is 1. The van der Waals surface area contributed by atoms with Crippen molar-refractivity contribution in [3.63, 3.8) is 0 Å². The van der Waals surface area contributed by atoms with Crippen molar-refractivity contribution in [2.24, 2.45) is 0 Å². The van der Waals surface area contributed by atoms with Crippen molar-refractivity contribution < 1.29 is 9.59 Å². The van der Waals surface area contributed by atoms with E-state index in [0.717, 1.165) is 10.6 Å². The van der Waals surface area contributed by atoms with Crippen LogP contribution in [0.25, 0.3) is 0 Å². The van der Waals surface area contributed by atoms with Gasteiger partial charge in [-0.3, -0.25) is 9.59 Å². The normalized spacial score (nSPS) is 22.6. The largest absolute Gasteiger partial charge is 0.355 e. The van der Waals surface area contributed by atoms with Gasteiger partial charge in [-0.2, -0.15) is 0 Å². The number of carbonyl (C=O) groups is 2. The zero-order chi connectivity index (χ0) is 13.3. The molecule has 1 aliphatic rings. The number of benzene rings is 1. The topological polar surface area (TPSA) is 49.4 Å². The molecule has 0 radical (unpaired) electrons. The Morgan fingerprint density at radius 1 is 1.44 bits per heavy atom. The van der Waals surface area contributed by atoms with Crippen LogP contribution < -0.4 is 10.2 Å². The van der Waals surface area contributed by atoms with Crippen molar-refractivity contribution in [3.8, 4) is 0 Å². The molecule has 4 nitrogen and oxygen atoms in total. The maximum Gasteiger partial charge on any atom is 0.252 e. The van der Waals surface area contributed by atoms with Gasteiger partial charge in [0.15, 0.2) is 4.75 Å². The lowest BCUT2D eigenvalue weighted by atomic mass is 10.1. The van der Waals surface area contributed by atoms with E-state index in [1.54, 1.807) is 18.9 Å². The molecule has 1 atom stereocenters. The van der Waals surface area contributed by atoms with E-state index in [0.29, 0.717) is 6.54 Å². The number of fused-ring (bicyclic) bond motifs is 1. The van der Waals surface area contributed by atoms with Gasteiger partial charge in [0.2, 0.25) is 5.91 Å². The summed E-state index contributed by atoms with van der Waals surface area (Å²) in [6, 6.07) is 7.61. The van der Waals surface area contributed by atoms with Crippen LogP contribution in [0, 0.1) is 0 Å². The van der Waals surface area contributed by atoms with E-state index in [-0.39, 0.29) is 11.8 Å². The second-order valence-electron chi connectivity index (χ2n) is 4.33. The van der Waals surface area contributed by atoms with Crippen LogP contribution in [0.5, 0.6) is 0 Å². The SMILES string of the molecule is CCNC(=O)[C@@]1(C)Sc2ccccc2N(C)C1=O. The average Bonchev–Trinajstić information content (AvgIpc) is 2.36. The summed E-state index contributed by atoms with van der Waals surface area (Å²) in [5.41, 5.74) is 0.856. The van der Waals surface area contributed by atoms with Crippen molar-refractivity contribution in [2.75, 3.05) is 18.5 Å². The minimum absolute atomic E-state index is 0.183. The molecular weight excluding hydrogens is 248 g/mol. The number of carbonyl (C=O) groups excluding carboxylic acids is 2. The van der Waals surface area contributed by atoms with Crippen molar-refractivity contribution in [1.82, 2.24) is 5.32 Å². The smallest absolute Gasteiger partial charge is 0.252 e. The molecule has 1 N–H and O–H groups in total. The van der Waals surface area contributed by atoms with Gasteiger partial charge in [0.25, 0.3) is 5.91 Å². The molecule has 96 valence electrons. The summed E-state index contributed by atoms with van der Waals surface area (Å²) in [6.45, 7) is 4.04. The minimum Gasteiger partial charge on any atom is -0.355 e. The zero-order valence-electron chi connectivity index (χ0n) is 10.7. The van der Waals surface area contributed by atoms with Gasteiger partial charge in [-0.25, -0.2) is 0 Å². The summed E-state index contributed by atoms with van der Waals surface area (Å²) in [4.78, 5) is 27.0. The van der Waals surface area contributed by atoms with Crippen LogP contribution in [-0.4, -0.2) is 30.2 Å². The zero-order valence-corrected chi connectivity index (χ0v) is 11.5. The summed E-state index contributed by atoms with van der Waals surface area (Å²) in [5, 5.41) is 2.73. The first-order chi connectivity index (χ1) is 8.50. The minimum atomic E-state index is -1.08. The maximum atomic E-state index is 12.4. The molecule has 0 saturated heterocycles. The molecule has 2 rings (SSSR count). The monoisotopic (exact) mass is 264 g/mol. The van der Waals surface area contributed by atoms with Crippen LogP contribution in [0.2, 0.25) is 0 Å². The fourth-order valence-electron chi connectivity index (χ4n) is 1.99. The van der Waals surface area contributed by atoms with Gasteiger partial charge >= 0.3 is 0 Å². The molecule has 0 bridgehead atoms. The van der Waals surface area contributed by atoms with Gasteiger partial charge in [0, 0.05) is 18.5 Å². The average molecular weight is 264 g/mol. The molecule has 0 aromatic heterocycles. The standard InChI is InChI=1S/C13H16N2O2S/c1-4-14-11(16)13(2)12(17)15(3)9-7-5-6-8-10(9)18-13/h5-8H,4H2,1-3H3,(H,14,16)/t13-/m1/s1. The van der Waals surface area contributed by atoms with Crippen LogP contribution in [0.3, 0.4) is 0 Å². The molecule has 18 heavy (non-hydrogen) atoms. The van der Waals surface area contributed by atoms with Gasteiger partial charge in [0.1, 0.15) is 0 Å². The summed E-state index contributed by atoms with van der Waals surface area (Å²) >= 11 is 1.32. The Balaban J connectivity index is 2.43. The van der Waals surface area contributed by atoms with Gasteiger partial charge in [-0.1, -0.05) is 23.9 Å². The van der Waals surface area contributed by atoms with Crippen LogP contribution in [0.15, 0.2) is 29.2 Å². The molecule has 1 aromatic rings. The van der Waals surface area contributed by atoms with Gasteiger partial charge in [-0.15, -0.1) is 0 Å². The second-order valence-corrected chi connectivity index (χ2v) is 5.79. The lowest BCUT2D eigenvalue weighted by Gasteiger charge is -2.36. The molecule has 0 saturated carbocycles. The summed E-state index contributed by atoms with van der Waals surface area (Å²) in [6.07, 6.45) is 0. The van der Waals surface area contributed by atoms with Crippen LogP contribution in [0.4, 0.5) is 5.69 Å². The highest BCUT2D eigenvalue weighted by atomic mass is 32.2. The predicted octanol–water partition coefficient (Wildman–Crippen LogP) is 1.65. The third-order valence-corrected chi connectivity index (χ3v) is 4.36. The molecule has 1 heterocycles. The number of hydrogen-bond acceptors (Lipinski definition) is 3. The Bertz CT molecular complexity index is 504. The number of amides is 2. The van der Waals surface area contributed by atoms with Gasteiger partial charge < -0.3 is 10.2 Å².